The van der Waals surface area contributed by atoms with Crippen LogP contribution in [-0.2, 0) is 14.0 Å². The van der Waals surface area contributed by atoms with Gasteiger partial charge in [-0.2, -0.15) is 0 Å². The molecule has 2 aliphatic carbocycles. The fourth-order valence-electron chi connectivity index (χ4n) is 3.15. The van der Waals surface area contributed by atoms with Crippen LogP contribution in [0.25, 0.3) is 0 Å². The van der Waals surface area contributed by atoms with E-state index in [-0.39, 0.29) is 17.5 Å². The molecule has 0 aliphatic heterocycles. The second-order valence-corrected chi connectivity index (χ2v) is 11.5. The lowest BCUT2D eigenvalue weighted by molar-refractivity contribution is -0.152. The van der Waals surface area contributed by atoms with Crippen molar-refractivity contribution >= 4 is 14.3 Å². The largest absolute Gasteiger partial charge is 0.547 e. The molecule has 0 amide bonds. The van der Waals surface area contributed by atoms with Crippen molar-refractivity contribution in [2.24, 2.45) is 5.41 Å². The van der Waals surface area contributed by atoms with Gasteiger partial charge in [0.2, 0.25) is 8.32 Å². The van der Waals surface area contributed by atoms with Crippen LogP contribution in [0.4, 0.5) is 0 Å². The minimum atomic E-state index is -1.55. The number of fused-ring (bicyclic) bond motifs is 1. The molecule has 2 rings (SSSR count). The number of esters is 1. The van der Waals surface area contributed by atoms with Crippen LogP contribution < -0.4 is 0 Å². The molecule has 2 unspecified atom stereocenters. The maximum absolute atomic E-state index is 11.3. The molecule has 0 aromatic heterocycles. The van der Waals surface area contributed by atoms with E-state index in [1.165, 1.54) is 12.5 Å². The molecule has 0 fully saturated rings. The zero-order valence-corrected chi connectivity index (χ0v) is 14.3. The van der Waals surface area contributed by atoms with E-state index in [9.17, 15) is 4.79 Å². The van der Waals surface area contributed by atoms with Crippen LogP contribution >= 0.6 is 0 Å². The third-order valence-corrected chi connectivity index (χ3v) is 4.99. The maximum atomic E-state index is 11.3. The quantitative estimate of drug-likeness (QED) is 0.579. The molecule has 0 N–H and O–H groups in total. The Hall–Kier alpha value is -1.03. The summed E-state index contributed by atoms with van der Waals surface area (Å²) in [4.78, 5) is 11.3. The van der Waals surface area contributed by atoms with Gasteiger partial charge in [0, 0.05) is 18.8 Å². The standard InChI is InChI=1S/C16H26O3Si/c1-12(17)18-15-8-6-7-13-11-14(19-20(3,4)5)9-10-16(13,15)2/h7,11,15H,6,8-10H2,1-5H3. The van der Waals surface area contributed by atoms with Crippen LogP contribution in [0, 0.1) is 5.41 Å². The van der Waals surface area contributed by atoms with Gasteiger partial charge in [-0.05, 0) is 50.6 Å². The van der Waals surface area contributed by atoms with E-state index in [1.54, 1.807) is 0 Å². The Bertz CT molecular complexity index is 459. The molecule has 0 radical (unpaired) electrons. The van der Waals surface area contributed by atoms with Crippen molar-refractivity contribution in [3.63, 3.8) is 0 Å². The summed E-state index contributed by atoms with van der Waals surface area (Å²) >= 11 is 0. The fourth-order valence-corrected chi connectivity index (χ4v) is 4.10. The first-order chi connectivity index (χ1) is 9.21. The minimum absolute atomic E-state index is 0.00433. The third kappa shape index (κ3) is 3.34. The fraction of sp³-hybridized carbons (Fsp3) is 0.688. The number of hydrogen-bond acceptors (Lipinski definition) is 3. The third-order valence-electron chi connectivity index (χ3n) is 4.12. The average Bonchev–Trinajstić information content (AvgIpc) is 2.29. The molecule has 0 saturated carbocycles. The predicted molar refractivity (Wildman–Crippen MR) is 82.7 cm³/mol. The first-order valence-corrected chi connectivity index (χ1v) is 10.9. The molecule has 0 bridgehead atoms. The van der Waals surface area contributed by atoms with Crippen molar-refractivity contribution < 1.29 is 14.0 Å². The molecule has 4 heteroatoms. The van der Waals surface area contributed by atoms with Gasteiger partial charge in [-0.3, -0.25) is 4.79 Å². The van der Waals surface area contributed by atoms with Gasteiger partial charge < -0.3 is 9.16 Å². The van der Waals surface area contributed by atoms with Gasteiger partial charge in [-0.25, -0.2) is 0 Å². The maximum Gasteiger partial charge on any atom is 0.302 e. The van der Waals surface area contributed by atoms with E-state index < -0.39 is 8.32 Å². The molecule has 0 saturated heterocycles. The van der Waals surface area contributed by atoms with Gasteiger partial charge in [0.15, 0.2) is 0 Å². The van der Waals surface area contributed by atoms with Gasteiger partial charge in [-0.1, -0.05) is 13.0 Å². The van der Waals surface area contributed by atoms with Crippen molar-refractivity contribution in [3.8, 4) is 0 Å². The summed E-state index contributed by atoms with van der Waals surface area (Å²) in [6.45, 7) is 10.3. The Morgan fingerprint density at radius 1 is 1.40 bits per heavy atom. The smallest absolute Gasteiger partial charge is 0.302 e. The van der Waals surface area contributed by atoms with Crippen molar-refractivity contribution in [1.29, 1.82) is 0 Å². The van der Waals surface area contributed by atoms with E-state index in [0.29, 0.717) is 0 Å². The van der Waals surface area contributed by atoms with Gasteiger partial charge in [0.05, 0.1) is 5.76 Å². The summed E-state index contributed by atoms with van der Waals surface area (Å²) < 4.78 is 11.7. The highest BCUT2D eigenvalue weighted by molar-refractivity contribution is 6.70. The van der Waals surface area contributed by atoms with Crippen LogP contribution in [0.2, 0.25) is 19.6 Å². The highest BCUT2D eigenvalue weighted by Gasteiger charge is 2.43. The molecule has 0 aromatic carbocycles. The van der Waals surface area contributed by atoms with Crippen LogP contribution in [0.5, 0.6) is 0 Å². The van der Waals surface area contributed by atoms with Gasteiger partial charge >= 0.3 is 5.97 Å². The number of carbonyl (C=O) groups is 1. The Morgan fingerprint density at radius 2 is 2.10 bits per heavy atom. The van der Waals surface area contributed by atoms with E-state index in [1.807, 2.05) is 0 Å². The normalized spacial score (nSPS) is 29.9. The van der Waals surface area contributed by atoms with Gasteiger partial charge in [0.25, 0.3) is 0 Å². The molecule has 0 spiro atoms. The lowest BCUT2D eigenvalue weighted by atomic mass is 9.66. The Labute approximate surface area is 123 Å². The molecular formula is C16H26O3Si. The molecular weight excluding hydrogens is 268 g/mol. The summed E-state index contributed by atoms with van der Waals surface area (Å²) in [5, 5.41) is 0. The van der Waals surface area contributed by atoms with Crippen molar-refractivity contribution in [2.75, 3.05) is 0 Å². The second-order valence-electron chi connectivity index (χ2n) is 7.08. The minimum Gasteiger partial charge on any atom is -0.547 e. The lowest BCUT2D eigenvalue weighted by Crippen LogP contribution is -2.41. The zero-order chi connectivity index (χ0) is 15.0. The SMILES string of the molecule is CC(=O)OC1CCC=C2C=C(O[Si](C)(C)C)CCC21C. The number of carbonyl (C=O) groups excluding carboxylic acids is 1. The summed E-state index contributed by atoms with van der Waals surface area (Å²) in [5.41, 5.74) is 1.24. The average molecular weight is 294 g/mol. The van der Waals surface area contributed by atoms with E-state index >= 15 is 0 Å². The number of allylic oxidation sites excluding steroid dienone is 3. The first-order valence-electron chi connectivity index (χ1n) is 7.48. The molecule has 20 heavy (non-hydrogen) atoms. The second kappa shape index (κ2) is 5.39. The molecule has 3 nitrogen and oxygen atoms in total. The van der Waals surface area contributed by atoms with Crippen LogP contribution in [-0.4, -0.2) is 20.4 Å². The summed E-state index contributed by atoms with van der Waals surface area (Å²) in [6, 6.07) is 0. The summed E-state index contributed by atoms with van der Waals surface area (Å²) in [6.07, 6.45) is 8.31. The Kier molecular flexibility index (Phi) is 4.14. The summed E-state index contributed by atoms with van der Waals surface area (Å²) in [7, 11) is -1.55. The van der Waals surface area contributed by atoms with Gasteiger partial charge in [-0.15, -0.1) is 0 Å². The highest BCUT2D eigenvalue weighted by atomic mass is 28.4. The molecule has 112 valence electrons. The Morgan fingerprint density at radius 3 is 2.70 bits per heavy atom. The summed E-state index contributed by atoms with van der Waals surface area (Å²) in [5.74, 6) is 0.932. The monoisotopic (exact) mass is 294 g/mol. The van der Waals surface area contributed by atoms with Crippen molar-refractivity contribution in [3.05, 3.63) is 23.5 Å². The molecule has 2 atom stereocenters. The van der Waals surface area contributed by atoms with E-state index in [4.69, 9.17) is 9.16 Å². The van der Waals surface area contributed by atoms with E-state index in [2.05, 4.69) is 38.7 Å². The van der Waals surface area contributed by atoms with Crippen LogP contribution in [0.1, 0.15) is 39.5 Å². The van der Waals surface area contributed by atoms with Crippen molar-refractivity contribution in [1.82, 2.24) is 0 Å². The van der Waals surface area contributed by atoms with Crippen molar-refractivity contribution in [2.45, 2.75) is 65.3 Å². The first kappa shape index (κ1) is 15.4. The molecule has 2 aliphatic rings. The van der Waals surface area contributed by atoms with Gasteiger partial charge in [0.1, 0.15) is 6.10 Å². The Balaban J connectivity index is 2.21. The number of rotatable bonds is 3. The zero-order valence-electron chi connectivity index (χ0n) is 13.3. The highest BCUT2D eigenvalue weighted by Crippen LogP contribution is 2.48. The van der Waals surface area contributed by atoms with E-state index in [0.717, 1.165) is 31.4 Å². The number of hydrogen-bond donors (Lipinski definition) is 0. The topological polar surface area (TPSA) is 35.5 Å². The van der Waals surface area contributed by atoms with Crippen LogP contribution in [0.3, 0.4) is 0 Å². The lowest BCUT2D eigenvalue weighted by Gasteiger charge is -2.44. The molecule has 0 heterocycles. The molecule has 0 aromatic rings. The number of ether oxygens (including phenoxy) is 1. The van der Waals surface area contributed by atoms with Crippen LogP contribution in [0.15, 0.2) is 23.5 Å². The predicted octanol–water partition coefficient (Wildman–Crippen LogP) is 4.17.